The van der Waals surface area contributed by atoms with Crippen LogP contribution in [0.15, 0.2) is 18.2 Å². The van der Waals surface area contributed by atoms with E-state index < -0.39 is 0 Å². The van der Waals surface area contributed by atoms with E-state index in [0.717, 1.165) is 12.9 Å². The van der Waals surface area contributed by atoms with E-state index in [9.17, 15) is 4.79 Å². The zero-order chi connectivity index (χ0) is 9.97. The zero-order valence-corrected chi connectivity index (χ0v) is 8.46. The number of rotatable bonds is 4. The first-order valence-electron chi connectivity index (χ1n) is 4.67. The lowest BCUT2D eigenvalue weighted by atomic mass is 10.2. The van der Waals surface area contributed by atoms with Gasteiger partial charge in [-0.2, -0.15) is 0 Å². The van der Waals surface area contributed by atoms with E-state index in [-0.39, 0.29) is 0 Å². The lowest BCUT2D eigenvalue weighted by molar-refractivity contribution is 0.112. The minimum absolute atomic E-state index is 0.509. The number of ether oxygens (including phenoxy) is 1. The van der Waals surface area contributed by atoms with Crippen LogP contribution in [0.25, 0.3) is 0 Å². The largest absolute Gasteiger partial charge is 0.492 e. The van der Waals surface area contributed by atoms with Gasteiger partial charge in [0.25, 0.3) is 0 Å². The van der Waals surface area contributed by atoms with Crippen LogP contribution in [0, 0.1) is 5.92 Å². The van der Waals surface area contributed by atoms with Crippen molar-refractivity contribution in [1.82, 2.24) is 0 Å². The molecular formula is C11H11ClO2. The van der Waals surface area contributed by atoms with Crippen molar-refractivity contribution in [2.24, 2.45) is 5.92 Å². The quantitative estimate of drug-likeness (QED) is 0.715. The maximum Gasteiger partial charge on any atom is 0.150 e. The third kappa shape index (κ3) is 2.26. The molecule has 0 saturated heterocycles. The summed E-state index contributed by atoms with van der Waals surface area (Å²) >= 11 is 5.93. The van der Waals surface area contributed by atoms with Gasteiger partial charge >= 0.3 is 0 Å². The molecule has 0 spiro atoms. The van der Waals surface area contributed by atoms with Crippen LogP contribution in [0.3, 0.4) is 0 Å². The highest BCUT2D eigenvalue weighted by Gasteiger charge is 2.22. The fourth-order valence-corrected chi connectivity index (χ4v) is 1.44. The Kier molecular flexibility index (Phi) is 2.73. The van der Waals surface area contributed by atoms with Crippen molar-refractivity contribution in [2.45, 2.75) is 12.8 Å². The Bertz CT molecular complexity index is 345. The number of benzene rings is 1. The Morgan fingerprint density at radius 2 is 2.29 bits per heavy atom. The molecule has 2 nitrogen and oxygen atoms in total. The molecule has 0 bridgehead atoms. The van der Waals surface area contributed by atoms with Gasteiger partial charge in [-0.25, -0.2) is 0 Å². The van der Waals surface area contributed by atoms with Crippen molar-refractivity contribution in [2.75, 3.05) is 6.61 Å². The van der Waals surface area contributed by atoms with Gasteiger partial charge in [-0.15, -0.1) is 0 Å². The van der Waals surface area contributed by atoms with E-state index in [0.29, 0.717) is 22.3 Å². The summed E-state index contributed by atoms with van der Waals surface area (Å²) in [6, 6.07) is 5.08. The number of carbonyl (C=O) groups is 1. The normalized spacial score (nSPS) is 15.2. The third-order valence-electron chi connectivity index (χ3n) is 2.26. The van der Waals surface area contributed by atoms with Crippen molar-refractivity contribution in [3.05, 3.63) is 28.8 Å². The minimum Gasteiger partial charge on any atom is -0.492 e. The summed E-state index contributed by atoms with van der Waals surface area (Å²) in [5, 5.41) is 0.509. The van der Waals surface area contributed by atoms with Crippen molar-refractivity contribution >= 4 is 17.9 Å². The summed E-state index contributed by atoms with van der Waals surface area (Å²) < 4.78 is 5.51. The van der Waals surface area contributed by atoms with E-state index in [1.807, 2.05) is 0 Å². The molecule has 0 N–H and O–H groups in total. The van der Waals surface area contributed by atoms with Gasteiger partial charge in [-0.1, -0.05) is 11.6 Å². The molecule has 0 radical (unpaired) electrons. The maximum absolute atomic E-state index is 10.4. The summed E-state index contributed by atoms with van der Waals surface area (Å²) in [5.41, 5.74) is 0.578. The standard InChI is InChI=1S/C11H11ClO2/c12-10-5-9(6-13)3-4-11(10)14-7-8-1-2-8/h3-6,8H,1-2,7H2. The molecule has 1 fully saturated rings. The van der Waals surface area contributed by atoms with E-state index in [1.54, 1.807) is 18.2 Å². The van der Waals surface area contributed by atoms with Gasteiger partial charge in [0, 0.05) is 5.56 Å². The van der Waals surface area contributed by atoms with Gasteiger partial charge < -0.3 is 4.74 Å². The predicted octanol–water partition coefficient (Wildman–Crippen LogP) is 2.94. The van der Waals surface area contributed by atoms with Crippen molar-refractivity contribution in [1.29, 1.82) is 0 Å². The first-order valence-corrected chi connectivity index (χ1v) is 5.05. The van der Waals surface area contributed by atoms with Gasteiger partial charge in [0.2, 0.25) is 0 Å². The Morgan fingerprint density at radius 1 is 1.50 bits per heavy atom. The van der Waals surface area contributed by atoms with Gasteiger partial charge in [-0.05, 0) is 37.0 Å². The number of hydrogen-bond donors (Lipinski definition) is 0. The van der Waals surface area contributed by atoms with Crippen LogP contribution in [-0.4, -0.2) is 12.9 Å². The molecule has 1 aromatic rings. The average Bonchev–Trinajstić information content (AvgIpc) is 2.99. The van der Waals surface area contributed by atoms with Crippen molar-refractivity contribution in [3.63, 3.8) is 0 Å². The number of carbonyl (C=O) groups excluding carboxylic acids is 1. The first-order chi connectivity index (χ1) is 6.79. The molecule has 1 aliphatic rings. The van der Waals surface area contributed by atoms with Gasteiger partial charge in [0.15, 0.2) is 0 Å². The van der Waals surface area contributed by atoms with Crippen molar-refractivity contribution < 1.29 is 9.53 Å². The third-order valence-corrected chi connectivity index (χ3v) is 2.56. The fraction of sp³-hybridized carbons (Fsp3) is 0.364. The second-order valence-corrected chi connectivity index (χ2v) is 3.97. The predicted molar refractivity (Wildman–Crippen MR) is 55.1 cm³/mol. The van der Waals surface area contributed by atoms with Gasteiger partial charge in [0.05, 0.1) is 11.6 Å². The fourth-order valence-electron chi connectivity index (χ4n) is 1.20. The highest BCUT2D eigenvalue weighted by Crippen LogP contribution is 2.31. The topological polar surface area (TPSA) is 26.3 Å². The van der Waals surface area contributed by atoms with E-state index in [4.69, 9.17) is 16.3 Å². The molecule has 0 heterocycles. The SMILES string of the molecule is O=Cc1ccc(OCC2CC2)c(Cl)c1. The summed E-state index contributed by atoms with van der Waals surface area (Å²) in [6.45, 7) is 0.736. The molecule has 14 heavy (non-hydrogen) atoms. The zero-order valence-electron chi connectivity index (χ0n) is 7.70. The summed E-state index contributed by atoms with van der Waals surface area (Å²) in [5.74, 6) is 1.38. The molecule has 0 amide bonds. The Hall–Kier alpha value is -1.02. The van der Waals surface area contributed by atoms with Gasteiger partial charge in [-0.3, -0.25) is 4.79 Å². The molecule has 2 rings (SSSR count). The molecule has 0 aliphatic heterocycles. The van der Waals surface area contributed by atoms with Crippen LogP contribution in [-0.2, 0) is 0 Å². The van der Waals surface area contributed by atoms with Crippen LogP contribution in [0.2, 0.25) is 5.02 Å². The Labute approximate surface area is 87.8 Å². The van der Waals surface area contributed by atoms with Crippen LogP contribution in [0.1, 0.15) is 23.2 Å². The summed E-state index contributed by atoms with van der Waals surface area (Å²) in [6.07, 6.45) is 3.28. The number of aldehydes is 1. The Balaban J connectivity index is 2.04. The highest BCUT2D eigenvalue weighted by molar-refractivity contribution is 6.32. The molecule has 0 aromatic heterocycles. The number of halogens is 1. The van der Waals surface area contributed by atoms with E-state index in [1.165, 1.54) is 12.8 Å². The smallest absolute Gasteiger partial charge is 0.150 e. The monoisotopic (exact) mass is 210 g/mol. The van der Waals surface area contributed by atoms with E-state index in [2.05, 4.69) is 0 Å². The second-order valence-electron chi connectivity index (χ2n) is 3.56. The van der Waals surface area contributed by atoms with Crippen LogP contribution in [0.5, 0.6) is 5.75 Å². The summed E-state index contributed by atoms with van der Waals surface area (Å²) in [7, 11) is 0. The van der Waals surface area contributed by atoms with Gasteiger partial charge in [0.1, 0.15) is 12.0 Å². The molecule has 0 atom stereocenters. The average molecular weight is 211 g/mol. The lowest BCUT2D eigenvalue weighted by Crippen LogP contribution is -1.99. The molecule has 0 unspecified atom stereocenters. The maximum atomic E-state index is 10.4. The van der Waals surface area contributed by atoms with Crippen LogP contribution < -0.4 is 4.74 Å². The van der Waals surface area contributed by atoms with Crippen LogP contribution in [0.4, 0.5) is 0 Å². The molecular weight excluding hydrogens is 200 g/mol. The van der Waals surface area contributed by atoms with E-state index >= 15 is 0 Å². The first kappa shape index (κ1) is 9.53. The number of hydrogen-bond acceptors (Lipinski definition) is 2. The molecule has 1 aliphatic carbocycles. The van der Waals surface area contributed by atoms with Crippen LogP contribution >= 0.6 is 11.6 Å². The summed E-state index contributed by atoms with van der Waals surface area (Å²) in [4.78, 5) is 10.4. The molecule has 3 heteroatoms. The molecule has 1 saturated carbocycles. The molecule has 1 aromatic carbocycles. The second kappa shape index (κ2) is 4.01. The Morgan fingerprint density at radius 3 is 2.86 bits per heavy atom. The molecule has 74 valence electrons. The highest BCUT2D eigenvalue weighted by atomic mass is 35.5. The minimum atomic E-state index is 0.509. The van der Waals surface area contributed by atoms with Crippen molar-refractivity contribution in [3.8, 4) is 5.75 Å². The lowest BCUT2D eigenvalue weighted by Gasteiger charge is -2.06.